The molecular weight excluding hydrogens is 228 g/mol. The fourth-order valence-electron chi connectivity index (χ4n) is 0.913. The fourth-order valence-corrected chi connectivity index (χ4v) is 1.16. The second-order valence-electron chi connectivity index (χ2n) is 3.16. The predicted octanol–water partition coefficient (Wildman–Crippen LogP) is 3.71. The highest BCUT2D eigenvalue weighted by molar-refractivity contribution is 9.10. The molecule has 0 atom stereocenters. The van der Waals surface area contributed by atoms with Crippen LogP contribution in [0.4, 0.5) is 0 Å². The van der Waals surface area contributed by atoms with E-state index in [4.69, 9.17) is 4.74 Å². The summed E-state index contributed by atoms with van der Waals surface area (Å²) in [6, 6.07) is 5.94. The highest BCUT2D eigenvalue weighted by Crippen LogP contribution is 2.21. The molecule has 0 heterocycles. The maximum Gasteiger partial charge on any atom is 0.120 e. The minimum Gasteiger partial charge on any atom is -0.489 e. The molecule has 0 spiro atoms. The molecule has 1 aromatic rings. The second kappa shape index (κ2) is 4.47. The van der Waals surface area contributed by atoms with Crippen molar-refractivity contribution in [3.8, 4) is 5.75 Å². The van der Waals surface area contributed by atoms with E-state index < -0.39 is 0 Å². The van der Waals surface area contributed by atoms with E-state index in [1.54, 1.807) is 0 Å². The number of halogens is 1. The Balaban J connectivity index is 2.68. The van der Waals surface area contributed by atoms with Gasteiger partial charge in [-0.15, -0.1) is 0 Å². The number of ether oxygens (including phenoxy) is 1. The van der Waals surface area contributed by atoms with Gasteiger partial charge in [-0.1, -0.05) is 22.5 Å². The molecule has 70 valence electrons. The van der Waals surface area contributed by atoms with Gasteiger partial charge in [-0.05, 0) is 43.2 Å². The Kier molecular flexibility index (Phi) is 3.55. The van der Waals surface area contributed by atoms with Crippen molar-refractivity contribution in [3.63, 3.8) is 0 Å². The lowest BCUT2D eigenvalue weighted by atomic mass is 10.2. The van der Waals surface area contributed by atoms with E-state index in [9.17, 15) is 0 Å². The summed E-state index contributed by atoms with van der Waals surface area (Å²) in [5, 5.41) is 0. The van der Waals surface area contributed by atoms with Crippen molar-refractivity contribution in [3.05, 3.63) is 40.4 Å². The van der Waals surface area contributed by atoms with Gasteiger partial charge < -0.3 is 4.74 Å². The quantitative estimate of drug-likeness (QED) is 0.733. The van der Waals surface area contributed by atoms with Crippen LogP contribution in [0.1, 0.15) is 12.5 Å². The van der Waals surface area contributed by atoms with Crippen molar-refractivity contribution in [2.45, 2.75) is 13.8 Å². The summed E-state index contributed by atoms with van der Waals surface area (Å²) in [4.78, 5) is 0. The first-order chi connectivity index (χ1) is 6.09. The summed E-state index contributed by atoms with van der Waals surface area (Å²) in [5.41, 5.74) is 2.21. The van der Waals surface area contributed by atoms with E-state index in [-0.39, 0.29) is 0 Å². The zero-order chi connectivity index (χ0) is 9.84. The van der Waals surface area contributed by atoms with Gasteiger partial charge in [0.25, 0.3) is 0 Å². The summed E-state index contributed by atoms with van der Waals surface area (Å²) in [6.07, 6.45) is 0. The molecule has 0 aliphatic rings. The molecule has 0 N–H and O–H groups in total. The van der Waals surface area contributed by atoms with Crippen LogP contribution in [0.3, 0.4) is 0 Å². The smallest absolute Gasteiger partial charge is 0.120 e. The average Bonchev–Trinajstić information content (AvgIpc) is 2.07. The lowest BCUT2D eigenvalue weighted by molar-refractivity contribution is 0.352. The maximum atomic E-state index is 5.48. The van der Waals surface area contributed by atoms with Gasteiger partial charge in [0.05, 0.1) is 0 Å². The van der Waals surface area contributed by atoms with Crippen LogP contribution in [0.25, 0.3) is 0 Å². The molecular formula is C11H13BrO. The van der Waals surface area contributed by atoms with Gasteiger partial charge in [0.1, 0.15) is 12.4 Å². The largest absolute Gasteiger partial charge is 0.489 e. The van der Waals surface area contributed by atoms with Crippen molar-refractivity contribution in [1.82, 2.24) is 0 Å². The lowest BCUT2D eigenvalue weighted by Crippen LogP contribution is -1.97. The molecule has 0 amide bonds. The number of aryl methyl sites for hydroxylation is 1. The molecule has 0 unspecified atom stereocenters. The third-order valence-electron chi connectivity index (χ3n) is 1.61. The van der Waals surface area contributed by atoms with Crippen LogP contribution in [0.5, 0.6) is 5.75 Å². The minimum atomic E-state index is 0.584. The van der Waals surface area contributed by atoms with Crippen molar-refractivity contribution < 1.29 is 4.74 Å². The fraction of sp³-hybridized carbons (Fsp3) is 0.273. The van der Waals surface area contributed by atoms with Gasteiger partial charge in [0.2, 0.25) is 0 Å². The molecule has 0 saturated carbocycles. The van der Waals surface area contributed by atoms with Crippen molar-refractivity contribution in [1.29, 1.82) is 0 Å². The highest BCUT2D eigenvalue weighted by atomic mass is 79.9. The monoisotopic (exact) mass is 240 g/mol. The molecule has 0 bridgehead atoms. The van der Waals surface area contributed by atoms with E-state index in [1.165, 1.54) is 5.56 Å². The van der Waals surface area contributed by atoms with Crippen LogP contribution < -0.4 is 4.74 Å². The molecule has 0 aliphatic heterocycles. The number of hydrogen-bond acceptors (Lipinski definition) is 1. The van der Waals surface area contributed by atoms with Crippen LogP contribution in [-0.4, -0.2) is 6.61 Å². The van der Waals surface area contributed by atoms with Gasteiger partial charge in [-0.3, -0.25) is 0 Å². The Morgan fingerprint density at radius 2 is 2.23 bits per heavy atom. The van der Waals surface area contributed by atoms with Gasteiger partial charge in [-0.2, -0.15) is 0 Å². The SMILES string of the molecule is C=C(C)COc1ccc(Br)c(C)c1. The average molecular weight is 241 g/mol. The van der Waals surface area contributed by atoms with Crippen LogP contribution >= 0.6 is 15.9 Å². The second-order valence-corrected chi connectivity index (χ2v) is 4.01. The predicted molar refractivity (Wildman–Crippen MR) is 59.2 cm³/mol. The first kappa shape index (κ1) is 10.3. The third kappa shape index (κ3) is 3.23. The highest BCUT2D eigenvalue weighted by Gasteiger charge is 1.97. The molecule has 1 nitrogen and oxygen atoms in total. The molecule has 0 saturated heterocycles. The van der Waals surface area contributed by atoms with Crippen LogP contribution in [0, 0.1) is 6.92 Å². The molecule has 2 heteroatoms. The summed E-state index contributed by atoms with van der Waals surface area (Å²) >= 11 is 3.44. The molecule has 1 aromatic carbocycles. The molecule has 0 aromatic heterocycles. The normalized spacial score (nSPS) is 9.77. The molecule has 0 radical (unpaired) electrons. The number of benzene rings is 1. The standard InChI is InChI=1S/C11H13BrO/c1-8(2)7-13-10-4-5-11(12)9(3)6-10/h4-6H,1,7H2,2-3H3. The summed E-state index contributed by atoms with van der Waals surface area (Å²) < 4.78 is 6.59. The molecule has 0 aliphatic carbocycles. The maximum absolute atomic E-state index is 5.48. The van der Waals surface area contributed by atoms with Crippen molar-refractivity contribution in [2.75, 3.05) is 6.61 Å². The van der Waals surface area contributed by atoms with Gasteiger partial charge in [0.15, 0.2) is 0 Å². The Morgan fingerprint density at radius 3 is 2.77 bits per heavy atom. The summed E-state index contributed by atoms with van der Waals surface area (Å²) in [6.45, 7) is 8.35. The van der Waals surface area contributed by atoms with E-state index in [1.807, 2.05) is 32.0 Å². The Morgan fingerprint density at radius 1 is 1.54 bits per heavy atom. The summed E-state index contributed by atoms with van der Waals surface area (Å²) in [5.74, 6) is 0.892. The lowest BCUT2D eigenvalue weighted by Gasteiger charge is -2.06. The summed E-state index contributed by atoms with van der Waals surface area (Å²) in [7, 11) is 0. The minimum absolute atomic E-state index is 0.584. The first-order valence-electron chi connectivity index (χ1n) is 4.13. The number of rotatable bonds is 3. The van der Waals surface area contributed by atoms with Crippen molar-refractivity contribution in [2.24, 2.45) is 0 Å². The zero-order valence-corrected chi connectivity index (χ0v) is 9.52. The van der Waals surface area contributed by atoms with Crippen molar-refractivity contribution >= 4 is 15.9 Å². The van der Waals surface area contributed by atoms with Crippen LogP contribution in [-0.2, 0) is 0 Å². The van der Waals surface area contributed by atoms with E-state index in [2.05, 4.69) is 22.5 Å². The molecule has 0 fully saturated rings. The van der Waals surface area contributed by atoms with Gasteiger partial charge >= 0.3 is 0 Å². The van der Waals surface area contributed by atoms with E-state index in [0.29, 0.717) is 6.61 Å². The van der Waals surface area contributed by atoms with Gasteiger partial charge in [0, 0.05) is 4.47 Å². The third-order valence-corrected chi connectivity index (χ3v) is 2.50. The Bertz CT molecular complexity index is 318. The first-order valence-corrected chi connectivity index (χ1v) is 4.92. The van der Waals surface area contributed by atoms with Gasteiger partial charge in [-0.25, -0.2) is 0 Å². The Hall–Kier alpha value is -0.760. The molecule has 13 heavy (non-hydrogen) atoms. The van der Waals surface area contributed by atoms with Crippen LogP contribution in [0.2, 0.25) is 0 Å². The van der Waals surface area contributed by atoms with E-state index in [0.717, 1.165) is 15.8 Å². The zero-order valence-electron chi connectivity index (χ0n) is 7.93. The Labute approximate surface area is 87.5 Å². The van der Waals surface area contributed by atoms with E-state index >= 15 is 0 Å². The molecule has 1 rings (SSSR count). The topological polar surface area (TPSA) is 9.23 Å². The number of hydrogen-bond donors (Lipinski definition) is 0. The van der Waals surface area contributed by atoms with Crippen LogP contribution in [0.15, 0.2) is 34.8 Å².